The van der Waals surface area contributed by atoms with E-state index in [0.717, 1.165) is 41.1 Å². The lowest BCUT2D eigenvalue weighted by Gasteiger charge is -2.34. The Kier molecular flexibility index (Phi) is 3.81. The monoisotopic (exact) mass is 298 g/mol. The minimum absolute atomic E-state index is 0.000563. The lowest BCUT2D eigenvalue weighted by atomic mass is 9.80. The Morgan fingerprint density at radius 3 is 2.48 bits per heavy atom. The summed E-state index contributed by atoms with van der Waals surface area (Å²) in [5.74, 6) is 0. The number of aliphatic imine (C=N–C) groups is 1. The molecule has 1 aromatic heterocycles. The van der Waals surface area contributed by atoms with Gasteiger partial charge in [-0.3, -0.25) is 9.98 Å². The topological polar surface area (TPSA) is 25.2 Å². The number of halogens is 1. The van der Waals surface area contributed by atoms with E-state index in [0.29, 0.717) is 0 Å². The molecule has 3 heteroatoms. The summed E-state index contributed by atoms with van der Waals surface area (Å²) in [5, 5.41) is 0.760. The molecule has 0 unspecified atom stereocenters. The van der Waals surface area contributed by atoms with Gasteiger partial charge in [0.2, 0.25) is 0 Å². The Hall–Kier alpha value is -1.67. The maximum atomic E-state index is 6.20. The van der Waals surface area contributed by atoms with Crippen LogP contribution in [0.5, 0.6) is 0 Å². The van der Waals surface area contributed by atoms with E-state index in [-0.39, 0.29) is 5.54 Å². The molecule has 0 spiro atoms. The van der Waals surface area contributed by atoms with E-state index in [1.807, 2.05) is 36.7 Å². The van der Waals surface area contributed by atoms with E-state index >= 15 is 0 Å². The largest absolute Gasteiger partial charge is 0.277 e. The van der Waals surface area contributed by atoms with Crippen molar-refractivity contribution in [2.75, 3.05) is 0 Å². The Morgan fingerprint density at radius 2 is 1.81 bits per heavy atom. The molecule has 21 heavy (non-hydrogen) atoms. The molecule has 0 fully saturated rings. The number of rotatable bonds is 3. The zero-order valence-corrected chi connectivity index (χ0v) is 13.2. The number of pyridine rings is 1. The third-order valence-electron chi connectivity index (χ3n) is 4.47. The first-order chi connectivity index (χ1) is 10.2. The van der Waals surface area contributed by atoms with Gasteiger partial charge in [-0.1, -0.05) is 31.5 Å². The van der Waals surface area contributed by atoms with Crippen LogP contribution in [0.3, 0.4) is 0 Å². The predicted octanol–water partition coefficient (Wildman–Crippen LogP) is 4.69. The van der Waals surface area contributed by atoms with Crippen molar-refractivity contribution in [1.29, 1.82) is 0 Å². The number of benzene rings is 1. The summed E-state index contributed by atoms with van der Waals surface area (Å²) in [6.07, 6.45) is 6.70. The molecule has 0 atom stereocenters. The van der Waals surface area contributed by atoms with E-state index in [9.17, 15) is 0 Å². The van der Waals surface area contributed by atoms with Gasteiger partial charge in [-0.15, -0.1) is 0 Å². The third kappa shape index (κ3) is 2.60. The quantitative estimate of drug-likeness (QED) is 0.807. The Morgan fingerprint density at radius 1 is 1.10 bits per heavy atom. The zero-order chi connectivity index (χ0) is 14.9. The molecule has 0 amide bonds. The van der Waals surface area contributed by atoms with Gasteiger partial charge in [-0.25, -0.2) is 0 Å². The fourth-order valence-corrected chi connectivity index (χ4v) is 3.17. The van der Waals surface area contributed by atoms with Crippen LogP contribution in [0.1, 0.15) is 43.4 Å². The first kappa shape index (κ1) is 14.3. The molecule has 3 rings (SSSR count). The summed E-state index contributed by atoms with van der Waals surface area (Å²) >= 11 is 6.20. The van der Waals surface area contributed by atoms with Gasteiger partial charge in [-0.2, -0.15) is 0 Å². The molecular weight excluding hydrogens is 280 g/mol. The van der Waals surface area contributed by atoms with E-state index in [1.54, 1.807) is 0 Å². The molecule has 0 N–H and O–H groups in total. The van der Waals surface area contributed by atoms with Crippen molar-refractivity contribution < 1.29 is 0 Å². The zero-order valence-electron chi connectivity index (χ0n) is 12.4. The van der Waals surface area contributed by atoms with Gasteiger partial charge in [0, 0.05) is 28.5 Å². The summed E-state index contributed by atoms with van der Waals surface area (Å²) < 4.78 is 0. The fraction of sp³-hybridized carbons (Fsp3) is 0.333. The molecule has 2 heterocycles. The molecule has 2 nitrogen and oxygen atoms in total. The van der Waals surface area contributed by atoms with Gasteiger partial charge in [0.25, 0.3) is 0 Å². The molecule has 0 aliphatic carbocycles. The van der Waals surface area contributed by atoms with Crippen molar-refractivity contribution in [2.24, 2.45) is 4.99 Å². The summed E-state index contributed by atoms with van der Waals surface area (Å²) in [4.78, 5) is 9.24. The van der Waals surface area contributed by atoms with Crippen molar-refractivity contribution in [3.63, 3.8) is 0 Å². The summed E-state index contributed by atoms with van der Waals surface area (Å²) in [6, 6.07) is 10.2. The van der Waals surface area contributed by atoms with Crippen molar-refractivity contribution in [3.05, 3.63) is 64.4 Å². The lowest BCUT2D eigenvalue weighted by molar-refractivity contribution is 0.392. The van der Waals surface area contributed by atoms with Gasteiger partial charge >= 0.3 is 0 Å². The van der Waals surface area contributed by atoms with Crippen molar-refractivity contribution in [1.82, 2.24) is 4.98 Å². The van der Waals surface area contributed by atoms with E-state index in [4.69, 9.17) is 16.6 Å². The van der Waals surface area contributed by atoms with Gasteiger partial charge in [-0.05, 0) is 49.1 Å². The van der Waals surface area contributed by atoms with Crippen molar-refractivity contribution >= 4 is 17.3 Å². The SMILES string of the molecule is CCC1(CC)Cc2ccc(Cl)cc2C(c2ccncc2)=N1. The van der Waals surface area contributed by atoms with Crippen LogP contribution in [0.25, 0.3) is 0 Å². The summed E-state index contributed by atoms with van der Waals surface area (Å²) in [7, 11) is 0. The van der Waals surface area contributed by atoms with Crippen molar-refractivity contribution in [2.45, 2.75) is 38.6 Å². The molecule has 0 bridgehead atoms. The first-order valence-electron chi connectivity index (χ1n) is 7.46. The smallest absolute Gasteiger partial charge is 0.0730 e. The second kappa shape index (κ2) is 5.61. The number of hydrogen-bond donors (Lipinski definition) is 0. The Bertz CT molecular complexity index is 673. The van der Waals surface area contributed by atoms with Gasteiger partial charge in [0.1, 0.15) is 0 Å². The molecule has 1 aliphatic rings. The average Bonchev–Trinajstić information content (AvgIpc) is 2.55. The Labute approximate surface area is 130 Å². The maximum Gasteiger partial charge on any atom is 0.0730 e. The summed E-state index contributed by atoms with van der Waals surface area (Å²) in [5.41, 5.74) is 4.65. The first-order valence-corrected chi connectivity index (χ1v) is 7.84. The number of hydrogen-bond acceptors (Lipinski definition) is 2. The summed E-state index contributed by atoms with van der Waals surface area (Å²) in [6.45, 7) is 4.44. The van der Waals surface area contributed by atoms with Crippen LogP contribution in [0.2, 0.25) is 5.02 Å². The number of aromatic nitrogens is 1. The minimum atomic E-state index is -0.000563. The molecule has 0 radical (unpaired) electrons. The number of nitrogens with zero attached hydrogens (tertiary/aromatic N) is 2. The van der Waals surface area contributed by atoms with E-state index in [1.165, 1.54) is 5.56 Å². The van der Waals surface area contributed by atoms with E-state index in [2.05, 4.69) is 24.9 Å². The maximum absolute atomic E-state index is 6.20. The molecule has 1 aliphatic heterocycles. The van der Waals surface area contributed by atoms with Crippen LogP contribution in [0, 0.1) is 0 Å². The third-order valence-corrected chi connectivity index (χ3v) is 4.70. The van der Waals surface area contributed by atoms with Gasteiger partial charge < -0.3 is 0 Å². The molecule has 1 aromatic carbocycles. The molecule has 0 saturated carbocycles. The molecule has 2 aromatic rings. The molecule has 0 saturated heterocycles. The highest BCUT2D eigenvalue weighted by atomic mass is 35.5. The molecular formula is C18H19ClN2. The van der Waals surface area contributed by atoms with Crippen LogP contribution in [0.15, 0.2) is 47.7 Å². The lowest BCUT2D eigenvalue weighted by Crippen LogP contribution is -2.34. The highest BCUT2D eigenvalue weighted by Gasteiger charge is 2.32. The Balaban J connectivity index is 2.21. The fourth-order valence-electron chi connectivity index (χ4n) is 3.00. The van der Waals surface area contributed by atoms with Gasteiger partial charge in [0.15, 0.2) is 0 Å². The van der Waals surface area contributed by atoms with Crippen LogP contribution in [0.4, 0.5) is 0 Å². The highest BCUT2D eigenvalue weighted by Crippen LogP contribution is 2.35. The van der Waals surface area contributed by atoms with Gasteiger partial charge in [0.05, 0.1) is 11.3 Å². The van der Waals surface area contributed by atoms with Crippen LogP contribution >= 0.6 is 11.6 Å². The highest BCUT2D eigenvalue weighted by molar-refractivity contribution is 6.31. The van der Waals surface area contributed by atoms with Crippen LogP contribution in [-0.4, -0.2) is 16.2 Å². The van der Waals surface area contributed by atoms with Crippen LogP contribution in [-0.2, 0) is 6.42 Å². The molecule has 108 valence electrons. The second-order valence-electron chi connectivity index (χ2n) is 5.61. The van der Waals surface area contributed by atoms with Crippen molar-refractivity contribution in [3.8, 4) is 0 Å². The van der Waals surface area contributed by atoms with Crippen LogP contribution < -0.4 is 0 Å². The standard InChI is InChI=1S/C18H19ClN2/c1-3-18(4-2)12-14-5-6-15(19)11-16(14)17(21-18)13-7-9-20-10-8-13/h5-11H,3-4,12H2,1-2H3. The second-order valence-corrected chi connectivity index (χ2v) is 6.04. The predicted molar refractivity (Wildman–Crippen MR) is 88.3 cm³/mol. The normalized spacial score (nSPS) is 16.2. The average molecular weight is 299 g/mol. The number of fused-ring (bicyclic) bond motifs is 1. The van der Waals surface area contributed by atoms with E-state index < -0.39 is 0 Å². The minimum Gasteiger partial charge on any atom is -0.277 e.